The molecule has 5 aliphatic heterocycles. The third-order valence-electron chi connectivity index (χ3n) is 16.9. The molecule has 1 saturated carbocycles. The van der Waals surface area contributed by atoms with Crippen LogP contribution in [0.15, 0.2) is 115 Å². The topological polar surface area (TPSA) is 91.4 Å². The number of fused-ring (bicyclic) bond motifs is 3. The molecule has 66 heavy (non-hydrogen) atoms. The van der Waals surface area contributed by atoms with E-state index in [9.17, 15) is 14.4 Å². The minimum absolute atomic E-state index is 0.117. The van der Waals surface area contributed by atoms with Gasteiger partial charge in [-0.25, -0.2) is 0 Å². The molecule has 2 spiro atoms. The zero-order valence-corrected chi connectivity index (χ0v) is 37.9. The van der Waals surface area contributed by atoms with Gasteiger partial charge in [0.2, 0.25) is 11.8 Å². The Hall–Kier alpha value is -5.93. The van der Waals surface area contributed by atoms with Gasteiger partial charge in [-0.15, -0.1) is 0 Å². The van der Waals surface area contributed by atoms with E-state index in [1.807, 2.05) is 12.1 Å². The number of nitrogens with zero attached hydrogens (tertiary/aromatic N) is 3. The number of piperidine rings is 3. The van der Waals surface area contributed by atoms with Crippen molar-refractivity contribution in [3.05, 3.63) is 160 Å². The van der Waals surface area contributed by atoms with Gasteiger partial charge in [-0.2, -0.15) is 0 Å². The molecule has 5 aromatic rings. The number of anilines is 1. The van der Waals surface area contributed by atoms with E-state index in [-0.39, 0.29) is 29.7 Å². The highest BCUT2D eigenvalue weighted by atomic mass is 16.5. The van der Waals surface area contributed by atoms with E-state index >= 15 is 0 Å². The zero-order valence-electron chi connectivity index (χ0n) is 37.9. The van der Waals surface area contributed by atoms with Crippen molar-refractivity contribution in [3.8, 4) is 11.5 Å². The predicted octanol–water partition coefficient (Wildman–Crippen LogP) is 9.50. The van der Waals surface area contributed by atoms with Crippen LogP contribution < -0.4 is 19.7 Å². The molecule has 7 aliphatic rings. The lowest BCUT2D eigenvalue weighted by atomic mass is 9.59. The number of amides is 3. The van der Waals surface area contributed by atoms with E-state index < -0.39 is 6.04 Å². The van der Waals surface area contributed by atoms with Crippen LogP contribution in [0.2, 0.25) is 0 Å². The van der Waals surface area contributed by atoms with Crippen LogP contribution in [0.1, 0.15) is 125 Å². The molecule has 3 amide bonds. The first-order valence-corrected chi connectivity index (χ1v) is 24.7. The Balaban J connectivity index is 0.653. The van der Waals surface area contributed by atoms with E-state index in [0.29, 0.717) is 48.4 Å². The second-order valence-electron chi connectivity index (χ2n) is 20.6. The fourth-order valence-corrected chi connectivity index (χ4v) is 13.1. The van der Waals surface area contributed by atoms with Gasteiger partial charge in [0, 0.05) is 62.4 Å². The quantitative estimate of drug-likeness (QED) is 0.155. The zero-order chi connectivity index (χ0) is 44.4. The first-order valence-electron chi connectivity index (χ1n) is 24.7. The van der Waals surface area contributed by atoms with Crippen LogP contribution in [0, 0.1) is 5.41 Å². The lowest BCUT2D eigenvalue weighted by molar-refractivity contribution is -0.136. The van der Waals surface area contributed by atoms with E-state index in [4.69, 9.17) is 9.47 Å². The fraction of sp³-hybridized carbons (Fsp3) is 0.421. The molecule has 0 radical (unpaired) electrons. The Kier molecular flexibility index (Phi) is 10.5. The smallest absolute Gasteiger partial charge is 0.255 e. The summed E-state index contributed by atoms with van der Waals surface area (Å²) < 4.78 is 13.2. The molecular formula is C57H60N4O5. The summed E-state index contributed by atoms with van der Waals surface area (Å²) in [7, 11) is 0. The number of hydrogen-bond donors (Lipinski definition) is 1. The molecule has 2 aliphatic carbocycles. The highest BCUT2D eigenvalue weighted by Crippen LogP contribution is 2.53. The monoisotopic (exact) mass is 880 g/mol. The number of benzene rings is 5. The number of imide groups is 1. The van der Waals surface area contributed by atoms with Gasteiger partial charge in [0.05, 0.1) is 0 Å². The Morgan fingerprint density at radius 3 is 2.20 bits per heavy atom. The normalized spacial score (nSPS) is 24.5. The lowest BCUT2D eigenvalue weighted by Crippen LogP contribution is -2.59. The molecule has 3 atom stereocenters. The molecule has 0 aromatic heterocycles. The van der Waals surface area contributed by atoms with Gasteiger partial charge in [0.1, 0.15) is 29.7 Å². The number of ether oxygens (including phenoxy) is 2. The second-order valence-corrected chi connectivity index (χ2v) is 20.6. The molecule has 338 valence electrons. The Morgan fingerprint density at radius 1 is 0.682 bits per heavy atom. The van der Waals surface area contributed by atoms with E-state index in [1.165, 1.54) is 59.2 Å². The van der Waals surface area contributed by atoms with Crippen LogP contribution in [0.3, 0.4) is 0 Å². The van der Waals surface area contributed by atoms with Gasteiger partial charge in [-0.1, -0.05) is 78.9 Å². The molecular weight excluding hydrogens is 821 g/mol. The number of hydrogen-bond acceptors (Lipinski definition) is 7. The van der Waals surface area contributed by atoms with E-state index in [2.05, 4.69) is 118 Å². The van der Waals surface area contributed by atoms with Crippen LogP contribution in [0.25, 0.3) is 0 Å². The van der Waals surface area contributed by atoms with Crippen molar-refractivity contribution in [1.29, 1.82) is 0 Å². The maximum absolute atomic E-state index is 13.4. The number of carbonyl (C=O) groups is 3. The number of rotatable bonds is 8. The molecule has 3 saturated heterocycles. The summed E-state index contributed by atoms with van der Waals surface area (Å²) in [6.45, 7) is 5.34. The number of likely N-dealkylation sites (tertiary alicyclic amines) is 1. The average Bonchev–Trinajstić information content (AvgIpc) is 3.66. The highest BCUT2D eigenvalue weighted by molar-refractivity contribution is 6.05. The van der Waals surface area contributed by atoms with Crippen molar-refractivity contribution in [2.75, 3.05) is 31.1 Å². The minimum Gasteiger partial charge on any atom is -0.489 e. The van der Waals surface area contributed by atoms with Gasteiger partial charge in [0.15, 0.2) is 0 Å². The summed E-state index contributed by atoms with van der Waals surface area (Å²) in [5.74, 6) is 1.82. The van der Waals surface area contributed by atoms with Crippen molar-refractivity contribution in [3.63, 3.8) is 0 Å². The summed E-state index contributed by atoms with van der Waals surface area (Å²) in [5.41, 5.74) is 11.2. The largest absolute Gasteiger partial charge is 0.489 e. The first-order chi connectivity index (χ1) is 32.3. The van der Waals surface area contributed by atoms with Crippen LogP contribution in [-0.4, -0.2) is 71.4 Å². The van der Waals surface area contributed by atoms with Crippen molar-refractivity contribution >= 4 is 23.4 Å². The second kappa shape index (κ2) is 16.7. The van der Waals surface area contributed by atoms with Gasteiger partial charge in [0.25, 0.3) is 5.91 Å². The first kappa shape index (κ1) is 41.5. The standard InChI is InChI=1S/C57H60N4O5/c62-52-20-19-50(54(63)58-52)61-36-43-33-51-42(32-49(43)55(61)64)21-22-57(66-51)25-29-60(30-26-57)45-34-56(35-45)23-27-59(28-24-56)44-14-11-40(12-15-44)53-47(39-9-5-2-6-10-39)17-13-41-31-46(16-18-48(41)53)65-37-38-7-3-1-4-8-38/h1-12,14-16,18,31-33,45,47,50,53H,13,17,19-30,34-37H2,(H,58,62,63)/t47-,50?,53+/m1/s1. The molecule has 5 aromatic carbocycles. The maximum Gasteiger partial charge on any atom is 0.255 e. The lowest BCUT2D eigenvalue weighted by Gasteiger charge is -2.57. The number of nitrogens with one attached hydrogen (secondary N) is 1. The molecule has 9 nitrogen and oxygen atoms in total. The number of carbonyl (C=O) groups excluding carboxylic acids is 3. The van der Waals surface area contributed by atoms with Gasteiger partial charge < -0.3 is 24.2 Å². The average molecular weight is 881 g/mol. The highest BCUT2D eigenvalue weighted by Gasteiger charge is 2.50. The Bertz CT molecular complexity index is 2640. The maximum atomic E-state index is 13.4. The van der Waals surface area contributed by atoms with Gasteiger partial charge >= 0.3 is 0 Å². The van der Waals surface area contributed by atoms with Crippen LogP contribution in [-0.2, 0) is 35.6 Å². The van der Waals surface area contributed by atoms with Crippen LogP contribution >= 0.6 is 0 Å². The Labute approximate surface area is 388 Å². The molecule has 12 rings (SSSR count). The predicted molar refractivity (Wildman–Crippen MR) is 255 cm³/mol. The van der Waals surface area contributed by atoms with Crippen molar-refractivity contribution in [2.24, 2.45) is 5.41 Å². The summed E-state index contributed by atoms with van der Waals surface area (Å²) in [5, 5.41) is 2.41. The van der Waals surface area contributed by atoms with Crippen molar-refractivity contribution < 1.29 is 23.9 Å². The van der Waals surface area contributed by atoms with Gasteiger partial charge in [-0.3, -0.25) is 19.7 Å². The summed E-state index contributed by atoms with van der Waals surface area (Å²) in [4.78, 5) is 44.8. The van der Waals surface area contributed by atoms with E-state index in [0.717, 1.165) is 87.3 Å². The van der Waals surface area contributed by atoms with Crippen LogP contribution in [0.4, 0.5) is 5.69 Å². The summed E-state index contributed by atoms with van der Waals surface area (Å²) in [6.07, 6.45) is 11.9. The third kappa shape index (κ3) is 7.67. The fourth-order valence-electron chi connectivity index (χ4n) is 13.1. The van der Waals surface area contributed by atoms with Gasteiger partial charge in [-0.05, 0) is 157 Å². The third-order valence-corrected chi connectivity index (χ3v) is 16.9. The molecule has 4 fully saturated rings. The molecule has 0 bridgehead atoms. The molecule has 9 heteroatoms. The molecule has 1 N–H and O–H groups in total. The summed E-state index contributed by atoms with van der Waals surface area (Å²) in [6, 6.07) is 42.1. The molecule has 5 heterocycles. The van der Waals surface area contributed by atoms with Crippen LogP contribution in [0.5, 0.6) is 11.5 Å². The summed E-state index contributed by atoms with van der Waals surface area (Å²) >= 11 is 0. The Morgan fingerprint density at radius 2 is 1.44 bits per heavy atom. The SMILES string of the molecule is O=C1CCC(N2Cc3cc4c(cc3C2=O)CCC2(CCN(C3CC5(CCN(c6ccc([C@@H]7c8ccc(OCc9ccccc9)cc8CC[C@@H]7c7ccccc7)cc6)CC5)C3)CC2)O4)C(=O)N1. The van der Waals surface area contributed by atoms with E-state index in [1.54, 1.807) is 4.90 Å². The van der Waals surface area contributed by atoms with Crippen molar-refractivity contribution in [1.82, 2.24) is 15.1 Å². The van der Waals surface area contributed by atoms with Crippen molar-refractivity contribution in [2.45, 2.75) is 120 Å². The minimum atomic E-state index is -0.602. The molecule has 1 unspecified atom stereocenters. The number of aryl methyl sites for hydroxylation is 2.